The van der Waals surface area contributed by atoms with Crippen molar-refractivity contribution in [1.29, 1.82) is 0 Å². The van der Waals surface area contributed by atoms with Gasteiger partial charge in [-0.2, -0.15) is 0 Å². The first kappa shape index (κ1) is 11.7. The van der Waals surface area contributed by atoms with Crippen LogP contribution in [0.5, 0.6) is 0 Å². The van der Waals surface area contributed by atoms with E-state index in [1.165, 1.54) is 12.3 Å². The molecule has 0 saturated carbocycles. The largest absolute Gasteiger partial charge is 0.348 e. The minimum absolute atomic E-state index is 0.386. The third-order valence-electron chi connectivity index (χ3n) is 1.95. The van der Waals surface area contributed by atoms with Gasteiger partial charge in [-0.15, -0.1) is 11.6 Å². The molecule has 0 aliphatic heterocycles. The molecule has 0 radical (unpaired) electrons. The molecular weight excluding hydrogens is 220 g/mol. The molecule has 0 spiro atoms. The molecule has 0 amide bonds. The number of alkyl halides is 1. The van der Waals surface area contributed by atoms with Crippen LogP contribution in [0.4, 0.5) is 5.69 Å². The first-order valence-electron chi connectivity index (χ1n) is 4.55. The minimum atomic E-state index is -0.666. The maximum Gasteiger partial charge on any atom is 0.332 e. The Kier molecular flexibility index (Phi) is 4.30. The molecule has 5 nitrogen and oxygen atoms in total. The lowest BCUT2D eigenvalue weighted by molar-refractivity contribution is -0.386. The van der Waals surface area contributed by atoms with E-state index in [0.29, 0.717) is 12.4 Å². The zero-order valence-corrected chi connectivity index (χ0v) is 8.81. The van der Waals surface area contributed by atoms with E-state index in [2.05, 4.69) is 0 Å². The molecule has 0 bridgehead atoms. The van der Waals surface area contributed by atoms with Gasteiger partial charge in [0.1, 0.15) is 0 Å². The fourth-order valence-corrected chi connectivity index (χ4v) is 1.37. The van der Waals surface area contributed by atoms with Gasteiger partial charge < -0.3 is 4.57 Å². The number of aryl methyl sites for hydroxylation is 1. The molecule has 0 N–H and O–H groups in total. The van der Waals surface area contributed by atoms with Crippen LogP contribution in [0, 0.1) is 10.1 Å². The zero-order chi connectivity index (χ0) is 11.3. The van der Waals surface area contributed by atoms with Gasteiger partial charge in [0.05, 0.1) is 11.1 Å². The highest BCUT2D eigenvalue weighted by atomic mass is 35.5. The lowest BCUT2D eigenvalue weighted by Gasteiger charge is -2.04. The predicted molar refractivity (Wildman–Crippen MR) is 57.3 cm³/mol. The summed E-state index contributed by atoms with van der Waals surface area (Å²) in [4.78, 5) is 20.9. The fourth-order valence-electron chi connectivity index (χ4n) is 1.18. The second-order valence-corrected chi connectivity index (χ2v) is 3.46. The highest BCUT2D eigenvalue weighted by Crippen LogP contribution is 2.04. The Morgan fingerprint density at radius 2 is 2.20 bits per heavy atom. The van der Waals surface area contributed by atoms with Crippen LogP contribution in [0.1, 0.15) is 12.8 Å². The first-order valence-corrected chi connectivity index (χ1v) is 5.09. The summed E-state index contributed by atoms with van der Waals surface area (Å²) in [5, 5.41) is 10.5. The number of hydrogen-bond acceptors (Lipinski definition) is 3. The quantitative estimate of drug-likeness (QED) is 0.335. The van der Waals surface area contributed by atoms with Crippen LogP contribution in [0.2, 0.25) is 0 Å². The Labute approximate surface area is 91.4 Å². The molecule has 0 aliphatic carbocycles. The van der Waals surface area contributed by atoms with Crippen molar-refractivity contribution in [2.75, 3.05) is 5.88 Å². The Morgan fingerprint density at radius 3 is 2.80 bits per heavy atom. The summed E-state index contributed by atoms with van der Waals surface area (Å²) < 4.78 is 1.63. The number of halogens is 1. The van der Waals surface area contributed by atoms with Crippen molar-refractivity contribution in [3.8, 4) is 0 Å². The Bertz CT molecular complexity index is 403. The summed E-state index contributed by atoms with van der Waals surface area (Å²) in [5.41, 5.74) is -0.947. The lowest BCUT2D eigenvalue weighted by Crippen LogP contribution is -2.11. The Balaban J connectivity index is 2.79. The summed E-state index contributed by atoms with van der Waals surface area (Å²) >= 11 is 5.51. The molecule has 1 aromatic rings. The number of unbranched alkanes of at least 4 members (excludes halogenated alkanes) is 1. The Hall–Kier alpha value is -1.36. The smallest absolute Gasteiger partial charge is 0.332 e. The van der Waals surface area contributed by atoms with Crippen molar-refractivity contribution in [2.45, 2.75) is 19.4 Å². The molecule has 0 unspecified atom stereocenters. The number of nitrogens with zero attached hydrogens (tertiary/aromatic N) is 2. The van der Waals surface area contributed by atoms with Gasteiger partial charge in [0.2, 0.25) is 0 Å². The highest BCUT2D eigenvalue weighted by Gasteiger charge is 2.10. The van der Waals surface area contributed by atoms with Crippen LogP contribution >= 0.6 is 11.6 Å². The second-order valence-electron chi connectivity index (χ2n) is 3.09. The van der Waals surface area contributed by atoms with Gasteiger partial charge in [-0.3, -0.25) is 14.9 Å². The van der Waals surface area contributed by atoms with Crippen molar-refractivity contribution in [3.63, 3.8) is 0 Å². The van der Waals surface area contributed by atoms with Crippen molar-refractivity contribution in [2.24, 2.45) is 0 Å². The van der Waals surface area contributed by atoms with Crippen LogP contribution in [-0.4, -0.2) is 15.4 Å². The van der Waals surface area contributed by atoms with E-state index in [4.69, 9.17) is 11.6 Å². The van der Waals surface area contributed by atoms with E-state index >= 15 is 0 Å². The van der Waals surface area contributed by atoms with Crippen molar-refractivity contribution in [3.05, 3.63) is 38.8 Å². The van der Waals surface area contributed by atoms with Crippen LogP contribution in [-0.2, 0) is 6.54 Å². The van der Waals surface area contributed by atoms with Gasteiger partial charge in [0.15, 0.2) is 0 Å². The molecule has 0 saturated heterocycles. The molecule has 82 valence electrons. The predicted octanol–water partition coefficient (Wildman–Crippen LogP) is 1.78. The average Bonchev–Trinajstić information content (AvgIpc) is 2.20. The molecule has 6 heteroatoms. The normalized spacial score (nSPS) is 10.2. The minimum Gasteiger partial charge on any atom is -0.348 e. The fraction of sp³-hybridized carbons (Fsp3) is 0.444. The van der Waals surface area contributed by atoms with Gasteiger partial charge >= 0.3 is 5.69 Å². The van der Waals surface area contributed by atoms with Gasteiger partial charge in [-0.1, -0.05) is 0 Å². The molecule has 0 aromatic carbocycles. The second kappa shape index (κ2) is 5.50. The van der Waals surface area contributed by atoms with Crippen LogP contribution in [0.3, 0.4) is 0 Å². The zero-order valence-electron chi connectivity index (χ0n) is 8.06. The van der Waals surface area contributed by atoms with Crippen LogP contribution < -0.4 is 5.43 Å². The van der Waals surface area contributed by atoms with Gasteiger partial charge in [0.25, 0.3) is 5.43 Å². The first-order chi connectivity index (χ1) is 7.15. The molecule has 1 aromatic heterocycles. The molecule has 0 atom stereocenters. The number of rotatable bonds is 5. The molecule has 0 aliphatic rings. The molecule has 1 rings (SSSR count). The van der Waals surface area contributed by atoms with E-state index in [1.54, 1.807) is 10.8 Å². The third-order valence-corrected chi connectivity index (χ3v) is 2.22. The average molecular weight is 231 g/mol. The van der Waals surface area contributed by atoms with Crippen molar-refractivity contribution in [1.82, 2.24) is 4.57 Å². The number of aromatic nitrogens is 1. The van der Waals surface area contributed by atoms with E-state index in [9.17, 15) is 14.9 Å². The number of nitro groups is 1. The van der Waals surface area contributed by atoms with Crippen LogP contribution in [0.25, 0.3) is 0 Å². The van der Waals surface area contributed by atoms with Gasteiger partial charge in [0, 0.05) is 24.7 Å². The van der Waals surface area contributed by atoms with E-state index in [1.807, 2.05) is 0 Å². The third kappa shape index (κ3) is 3.36. The van der Waals surface area contributed by atoms with E-state index in [0.717, 1.165) is 12.8 Å². The van der Waals surface area contributed by atoms with Crippen molar-refractivity contribution >= 4 is 17.3 Å². The summed E-state index contributed by atoms with van der Waals surface area (Å²) in [6.07, 6.45) is 4.49. The summed E-state index contributed by atoms with van der Waals surface area (Å²) in [6.45, 7) is 0.633. The molecule has 15 heavy (non-hydrogen) atoms. The number of pyridine rings is 1. The summed E-state index contributed by atoms with van der Waals surface area (Å²) in [6, 6.07) is 1.21. The van der Waals surface area contributed by atoms with Crippen LogP contribution in [0.15, 0.2) is 23.3 Å². The maximum absolute atomic E-state index is 11.1. The summed E-state index contributed by atoms with van der Waals surface area (Å²) in [7, 11) is 0. The molecule has 0 fully saturated rings. The lowest BCUT2D eigenvalue weighted by atomic mass is 10.3. The van der Waals surface area contributed by atoms with Crippen molar-refractivity contribution < 1.29 is 4.92 Å². The topological polar surface area (TPSA) is 65.1 Å². The van der Waals surface area contributed by atoms with Gasteiger partial charge in [-0.05, 0) is 12.8 Å². The Morgan fingerprint density at radius 1 is 1.47 bits per heavy atom. The monoisotopic (exact) mass is 230 g/mol. The molecular formula is C9H11ClN2O3. The molecule has 1 heterocycles. The standard InChI is InChI=1S/C9H11ClN2O3/c10-4-1-2-5-11-6-3-9(13)8(7-11)12(14)15/h3,6-7H,1-2,4-5H2. The SMILES string of the molecule is O=c1ccn(CCCCCl)cc1[N+](=O)[O-]. The maximum atomic E-state index is 11.1. The van der Waals surface area contributed by atoms with E-state index < -0.39 is 10.4 Å². The van der Waals surface area contributed by atoms with Gasteiger partial charge in [-0.25, -0.2) is 0 Å². The van der Waals surface area contributed by atoms with E-state index in [-0.39, 0.29) is 5.69 Å². The number of hydrogen-bond donors (Lipinski definition) is 0. The highest BCUT2D eigenvalue weighted by molar-refractivity contribution is 6.17. The summed E-state index contributed by atoms with van der Waals surface area (Å²) in [5.74, 6) is 0.572.